The molecule has 2 N–H and O–H groups in total. The molecule has 2 aromatic rings. The zero-order valence-electron chi connectivity index (χ0n) is 23.7. The molecule has 1 atom stereocenters. The van der Waals surface area contributed by atoms with Gasteiger partial charge in [-0.25, -0.2) is 9.98 Å². The predicted molar refractivity (Wildman–Crippen MR) is 160 cm³/mol. The van der Waals surface area contributed by atoms with Gasteiger partial charge in [-0.3, -0.25) is 4.79 Å². The molecule has 7 heteroatoms. The third-order valence-electron chi connectivity index (χ3n) is 7.45. The highest BCUT2D eigenvalue weighted by Crippen LogP contribution is 2.48. The van der Waals surface area contributed by atoms with Crippen LogP contribution in [0.4, 0.5) is 0 Å². The van der Waals surface area contributed by atoms with E-state index in [1.165, 1.54) is 21.9 Å². The van der Waals surface area contributed by atoms with Gasteiger partial charge < -0.3 is 15.1 Å². The van der Waals surface area contributed by atoms with Crippen LogP contribution in [0.25, 0.3) is 5.31 Å². The van der Waals surface area contributed by atoms with Crippen LogP contribution in [0.2, 0.25) is 0 Å². The summed E-state index contributed by atoms with van der Waals surface area (Å²) in [5.74, 6) is 0.917. The fourth-order valence-corrected chi connectivity index (χ4v) is 7.68. The molecule has 0 radical (unpaired) electrons. The van der Waals surface area contributed by atoms with Crippen LogP contribution in [-0.2, 0) is 13.0 Å². The van der Waals surface area contributed by atoms with Gasteiger partial charge in [-0.05, 0) is 74.2 Å². The number of amides is 1. The van der Waals surface area contributed by atoms with Crippen molar-refractivity contribution in [3.05, 3.63) is 87.9 Å². The molecule has 6 nitrogen and oxygen atoms in total. The summed E-state index contributed by atoms with van der Waals surface area (Å²) in [6, 6.07) is 6.43. The number of H-pyrrole nitrogens is 1. The first-order chi connectivity index (χ1) is 18.2. The highest BCUT2D eigenvalue weighted by atomic mass is 31.1. The molecule has 0 spiro atoms. The second kappa shape index (κ2) is 12.2. The Morgan fingerprint density at radius 2 is 1.89 bits per heavy atom. The van der Waals surface area contributed by atoms with Crippen LogP contribution in [0.3, 0.4) is 0 Å². The minimum Gasteiger partial charge on any atom is -0.354 e. The van der Waals surface area contributed by atoms with E-state index in [1.54, 1.807) is 6.08 Å². The van der Waals surface area contributed by atoms with E-state index in [9.17, 15) is 4.79 Å². The number of hydrogen-bond donors (Lipinski definition) is 1. The molecule has 1 fully saturated rings. The SMILES string of the molecule is C=C/C=C(\N=CCc1cc(C)c2c(c1)C(=O)NCc1c(C)cc(C)[nH+]c1P(C)/C2=C/C)N1CCN(C)CC1. The maximum absolute atomic E-state index is 13.6. The maximum Gasteiger partial charge on any atom is 0.252 e. The number of piperazine rings is 1. The molecular formula is C31H41N5OP+. The Morgan fingerprint density at radius 3 is 2.58 bits per heavy atom. The van der Waals surface area contributed by atoms with Gasteiger partial charge >= 0.3 is 0 Å². The Labute approximate surface area is 229 Å². The Kier molecular flexibility index (Phi) is 8.96. The van der Waals surface area contributed by atoms with E-state index >= 15 is 0 Å². The monoisotopic (exact) mass is 530 g/mol. The van der Waals surface area contributed by atoms with Gasteiger partial charge in [0.05, 0.1) is 0 Å². The normalized spacial score (nSPS) is 20.0. The van der Waals surface area contributed by atoms with Crippen LogP contribution in [0.5, 0.6) is 0 Å². The molecule has 0 saturated carbocycles. The van der Waals surface area contributed by atoms with Crippen molar-refractivity contribution in [2.24, 2.45) is 4.99 Å². The number of rotatable bonds is 5. The molecule has 0 bridgehead atoms. The Balaban J connectivity index is 1.66. The number of aromatic amines is 1. The molecule has 2 aliphatic rings. The molecule has 3 heterocycles. The fraction of sp³-hybridized carbons (Fsp3) is 0.387. The van der Waals surface area contributed by atoms with Crippen molar-refractivity contribution in [3.63, 3.8) is 0 Å². The van der Waals surface area contributed by atoms with Crippen LogP contribution in [0.15, 0.2) is 53.8 Å². The molecule has 4 rings (SSSR count). The average molecular weight is 531 g/mol. The molecule has 1 aromatic carbocycles. The van der Waals surface area contributed by atoms with E-state index in [1.807, 2.05) is 12.3 Å². The van der Waals surface area contributed by atoms with Crippen LogP contribution >= 0.6 is 7.92 Å². The van der Waals surface area contributed by atoms with Crippen molar-refractivity contribution in [1.82, 2.24) is 15.1 Å². The third-order valence-corrected chi connectivity index (χ3v) is 9.70. The Hall–Kier alpha value is -3.08. The topological polar surface area (TPSA) is 62.1 Å². The maximum atomic E-state index is 13.6. The average Bonchev–Trinajstić information content (AvgIpc) is 2.92. The van der Waals surface area contributed by atoms with Gasteiger partial charge in [0.15, 0.2) is 5.69 Å². The second-order valence-electron chi connectivity index (χ2n) is 10.3. The summed E-state index contributed by atoms with van der Waals surface area (Å²) in [7, 11) is 1.48. The molecule has 0 aliphatic carbocycles. The zero-order chi connectivity index (χ0) is 27.4. The summed E-state index contributed by atoms with van der Waals surface area (Å²) in [6.45, 7) is 19.1. The van der Waals surface area contributed by atoms with Crippen molar-refractivity contribution >= 4 is 30.8 Å². The van der Waals surface area contributed by atoms with Gasteiger partial charge in [-0.2, -0.15) is 0 Å². The van der Waals surface area contributed by atoms with Gasteiger partial charge in [0, 0.05) is 77.4 Å². The van der Waals surface area contributed by atoms with Crippen LogP contribution in [0, 0.1) is 20.8 Å². The van der Waals surface area contributed by atoms with Crippen molar-refractivity contribution < 1.29 is 9.78 Å². The highest BCUT2D eigenvalue weighted by molar-refractivity contribution is 7.74. The Bertz CT molecular complexity index is 1320. The lowest BCUT2D eigenvalue weighted by Crippen LogP contribution is -2.43. The highest BCUT2D eigenvalue weighted by Gasteiger charge is 2.30. The standard InChI is InChI=1S/C31H40N5OP/c1-8-10-28(36-15-13-35(6)14-16-36)32-12-11-24-18-22(4)29-25(19-24)30(37)33-20-26-21(3)17-23(5)34-31(26)38(7)27(29)9-2/h8-10,12,17-19H,1,11,13-16,20H2,2-7H3,(H,33,37)/p+1/b27-9+,28-10+,32-12?. The van der Waals surface area contributed by atoms with Gasteiger partial charge in [-0.1, -0.05) is 24.8 Å². The number of hydrogen-bond acceptors (Lipinski definition) is 4. The second-order valence-corrected chi connectivity index (χ2v) is 12.3. The fourth-order valence-electron chi connectivity index (χ4n) is 5.41. The number of pyridine rings is 1. The van der Waals surface area contributed by atoms with E-state index in [-0.39, 0.29) is 5.91 Å². The van der Waals surface area contributed by atoms with Gasteiger partial charge in [0.2, 0.25) is 5.44 Å². The smallest absolute Gasteiger partial charge is 0.252 e. The molecule has 38 heavy (non-hydrogen) atoms. The molecule has 1 aromatic heterocycles. The van der Waals surface area contributed by atoms with Crippen molar-refractivity contribution in [3.8, 4) is 0 Å². The summed E-state index contributed by atoms with van der Waals surface area (Å²) >= 11 is 0. The summed E-state index contributed by atoms with van der Waals surface area (Å²) in [6.07, 6.45) is 8.58. The number of fused-ring (bicyclic) bond motifs is 2. The number of benzene rings is 1. The third kappa shape index (κ3) is 5.98. The lowest BCUT2D eigenvalue weighted by molar-refractivity contribution is -0.365. The minimum atomic E-state index is -0.669. The first-order valence-electron chi connectivity index (χ1n) is 13.4. The minimum absolute atomic E-state index is 0.0258. The number of aliphatic imine (C=N–C) groups is 1. The number of nitrogens with zero attached hydrogens (tertiary/aromatic N) is 3. The van der Waals surface area contributed by atoms with Gasteiger partial charge in [-0.15, -0.1) is 0 Å². The van der Waals surface area contributed by atoms with Crippen molar-refractivity contribution in [2.45, 2.75) is 40.7 Å². The predicted octanol–water partition coefficient (Wildman–Crippen LogP) is 4.36. The number of carbonyl (C=O) groups is 1. The van der Waals surface area contributed by atoms with Gasteiger partial charge in [0.1, 0.15) is 5.82 Å². The molecule has 1 amide bonds. The zero-order valence-corrected chi connectivity index (χ0v) is 24.6. The molecular weight excluding hydrogens is 489 g/mol. The first kappa shape index (κ1) is 27.9. The lowest BCUT2D eigenvalue weighted by Gasteiger charge is -2.33. The van der Waals surface area contributed by atoms with Gasteiger partial charge in [0.25, 0.3) is 5.91 Å². The van der Waals surface area contributed by atoms with E-state index < -0.39 is 7.92 Å². The van der Waals surface area contributed by atoms with Crippen molar-refractivity contribution in [1.29, 1.82) is 0 Å². The quantitative estimate of drug-likeness (QED) is 0.355. The number of aryl methyl sites for hydroxylation is 3. The number of allylic oxidation sites excluding steroid dienone is 3. The van der Waals surface area contributed by atoms with Crippen LogP contribution < -0.4 is 15.7 Å². The van der Waals surface area contributed by atoms with Crippen LogP contribution in [0.1, 0.15) is 50.8 Å². The number of likely N-dealkylation sites (N-methyl/N-ethyl adjacent to an activating group) is 1. The largest absolute Gasteiger partial charge is 0.354 e. The van der Waals surface area contributed by atoms with E-state index in [0.29, 0.717) is 13.0 Å². The molecule has 200 valence electrons. The van der Waals surface area contributed by atoms with Crippen molar-refractivity contribution in [2.75, 3.05) is 39.9 Å². The first-order valence-corrected chi connectivity index (χ1v) is 15.2. The summed E-state index contributed by atoms with van der Waals surface area (Å²) in [5, 5.41) is 4.45. The molecule has 2 aliphatic heterocycles. The van der Waals surface area contributed by atoms with Crippen LogP contribution in [-0.4, -0.2) is 61.8 Å². The number of aromatic nitrogens is 1. The molecule has 1 unspecified atom stereocenters. The van der Waals surface area contributed by atoms with E-state index in [4.69, 9.17) is 4.99 Å². The summed E-state index contributed by atoms with van der Waals surface area (Å²) < 4.78 is 0. The Morgan fingerprint density at radius 1 is 1.16 bits per heavy atom. The number of carbonyl (C=O) groups excluding carboxylic acids is 1. The summed E-state index contributed by atoms with van der Waals surface area (Å²) in [4.78, 5) is 26.7. The molecule has 1 saturated heterocycles. The van der Waals surface area contributed by atoms with E-state index in [2.05, 4.69) is 92.4 Å². The number of nitrogens with one attached hydrogen (secondary N) is 2. The van der Waals surface area contributed by atoms with E-state index in [0.717, 1.165) is 59.9 Å². The summed E-state index contributed by atoms with van der Waals surface area (Å²) in [5.41, 5.74) is 8.80. The lowest BCUT2D eigenvalue weighted by atomic mass is 9.96.